The van der Waals surface area contributed by atoms with Crippen molar-refractivity contribution < 1.29 is 9.59 Å². The molecule has 2 heterocycles. The summed E-state index contributed by atoms with van der Waals surface area (Å²) in [6.45, 7) is 3.99. The Morgan fingerprint density at radius 1 is 0.935 bits per heavy atom. The van der Waals surface area contributed by atoms with Gasteiger partial charge in [0.1, 0.15) is 5.84 Å². The van der Waals surface area contributed by atoms with Crippen molar-refractivity contribution in [2.24, 2.45) is 4.99 Å². The van der Waals surface area contributed by atoms with Crippen LogP contribution in [0.2, 0.25) is 0 Å². The van der Waals surface area contributed by atoms with E-state index in [9.17, 15) is 9.59 Å². The molecule has 0 bridgehead atoms. The first kappa shape index (κ1) is 21.1. The number of hydrogen-bond acceptors (Lipinski definition) is 5. The molecule has 0 N–H and O–H groups in total. The Hall–Kier alpha value is -3.19. The number of carbonyl (C=O) groups excluding carboxylic acids is 2. The van der Waals surface area contributed by atoms with E-state index in [1.165, 1.54) is 16.0 Å². The number of rotatable bonds is 6. The highest BCUT2D eigenvalue weighted by Gasteiger charge is 2.50. The van der Waals surface area contributed by atoms with Crippen molar-refractivity contribution in [2.75, 3.05) is 27.7 Å². The number of urea groups is 1. The molecular formula is C24H29N5O2. The van der Waals surface area contributed by atoms with Crippen LogP contribution in [0.15, 0.2) is 59.6 Å². The Labute approximate surface area is 183 Å². The molecule has 3 amide bonds. The van der Waals surface area contributed by atoms with Crippen LogP contribution in [-0.2, 0) is 17.9 Å². The third kappa shape index (κ3) is 4.18. The van der Waals surface area contributed by atoms with Gasteiger partial charge in [0.05, 0.1) is 6.54 Å². The predicted octanol–water partition coefficient (Wildman–Crippen LogP) is 2.56. The lowest BCUT2D eigenvalue weighted by Crippen LogP contribution is -2.64. The van der Waals surface area contributed by atoms with E-state index in [0.29, 0.717) is 13.1 Å². The third-order valence-electron chi connectivity index (χ3n) is 5.98. The highest BCUT2D eigenvalue weighted by molar-refractivity contribution is 6.04. The van der Waals surface area contributed by atoms with Crippen molar-refractivity contribution >= 4 is 17.8 Å². The van der Waals surface area contributed by atoms with Gasteiger partial charge in [0.2, 0.25) is 0 Å². The standard InChI is InChI=1S/C24H29N5O2/c1-17-10-12-19(13-11-17)15-29-20(16-26(2)14-18-8-6-5-7-9-18)25-22-21(29)23(30)28(4)24(31)27(22)3/h5-13,21-22H,14-16H2,1-4H3. The van der Waals surface area contributed by atoms with Crippen LogP contribution in [0.1, 0.15) is 16.7 Å². The second kappa shape index (κ2) is 8.51. The van der Waals surface area contributed by atoms with E-state index in [2.05, 4.69) is 53.1 Å². The minimum atomic E-state index is -0.505. The molecule has 0 aromatic heterocycles. The molecule has 1 fully saturated rings. The van der Waals surface area contributed by atoms with Gasteiger partial charge in [0.15, 0.2) is 12.2 Å². The summed E-state index contributed by atoms with van der Waals surface area (Å²) in [5.41, 5.74) is 3.52. The number of carbonyl (C=O) groups is 2. The lowest BCUT2D eigenvalue weighted by molar-refractivity contribution is -0.136. The second-order valence-corrected chi connectivity index (χ2v) is 8.47. The van der Waals surface area contributed by atoms with Gasteiger partial charge in [-0.1, -0.05) is 60.2 Å². The lowest BCUT2D eigenvalue weighted by atomic mass is 10.1. The summed E-state index contributed by atoms with van der Waals surface area (Å²) in [7, 11) is 5.30. The summed E-state index contributed by atoms with van der Waals surface area (Å²) >= 11 is 0. The predicted molar refractivity (Wildman–Crippen MR) is 120 cm³/mol. The Kier molecular flexibility index (Phi) is 5.78. The maximum atomic E-state index is 13.1. The molecule has 2 aliphatic rings. The highest BCUT2D eigenvalue weighted by Crippen LogP contribution is 2.29. The summed E-state index contributed by atoms with van der Waals surface area (Å²) in [5, 5.41) is 0. The van der Waals surface area contributed by atoms with Gasteiger partial charge >= 0.3 is 6.03 Å². The molecule has 2 aliphatic heterocycles. The number of likely N-dealkylation sites (N-methyl/N-ethyl adjacent to an activating group) is 3. The monoisotopic (exact) mass is 419 g/mol. The van der Waals surface area contributed by atoms with Crippen molar-refractivity contribution in [3.63, 3.8) is 0 Å². The molecule has 4 rings (SSSR count). The molecule has 0 saturated carbocycles. The van der Waals surface area contributed by atoms with E-state index < -0.39 is 12.2 Å². The van der Waals surface area contributed by atoms with Crippen LogP contribution in [0.3, 0.4) is 0 Å². The third-order valence-corrected chi connectivity index (χ3v) is 5.98. The molecule has 7 heteroatoms. The number of aryl methyl sites for hydroxylation is 1. The summed E-state index contributed by atoms with van der Waals surface area (Å²) in [4.78, 5) is 37.5. The number of benzene rings is 2. The van der Waals surface area contributed by atoms with E-state index in [1.807, 2.05) is 25.2 Å². The van der Waals surface area contributed by atoms with Gasteiger partial charge in [-0.15, -0.1) is 0 Å². The first-order valence-corrected chi connectivity index (χ1v) is 10.5. The van der Waals surface area contributed by atoms with Crippen LogP contribution in [0, 0.1) is 6.92 Å². The summed E-state index contributed by atoms with van der Waals surface area (Å²) in [6, 6.07) is 17.8. The molecule has 2 unspecified atom stereocenters. The molecular weight excluding hydrogens is 390 g/mol. The van der Waals surface area contributed by atoms with Gasteiger partial charge in [-0.05, 0) is 25.1 Å². The smallest absolute Gasteiger partial charge is 0.328 e. The lowest BCUT2D eigenvalue weighted by Gasteiger charge is -2.40. The zero-order valence-corrected chi connectivity index (χ0v) is 18.5. The van der Waals surface area contributed by atoms with Crippen LogP contribution in [0.4, 0.5) is 4.79 Å². The van der Waals surface area contributed by atoms with Crippen molar-refractivity contribution in [1.82, 2.24) is 19.6 Å². The first-order chi connectivity index (χ1) is 14.8. The normalized spacial score (nSPS) is 21.1. The molecule has 2 aromatic carbocycles. The van der Waals surface area contributed by atoms with Crippen LogP contribution in [0.5, 0.6) is 0 Å². The van der Waals surface area contributed by atoms with Gasteiger partial charge in [0.25, 0.3) is 5.91 Å². The number of aliphatic imine (C=N–C) groups is 1. The van der Waals surface area contributed by atoms with Crippen molar-refractivity contribution in [1.29, 1.82) is 0 Å². The molecule has 0 spiro atoms. The number of amidine groups is 1. The van der Waals surface area contributed by atoms with E-state index in [-0.39, 0.29) is 11.9 Å². The van der Waals surface area contributed by atoms with E-state index in [0.717, 1.165) is 17.9 Å². The van der Waals surface area contributed by atoms with Gasteiger partial charge < -0.3 is 9.80 Å². The molecule has 1 saturated heterocycles. The Bertz CT molecular complexity index is 989. The zero-order chi connectivity index (χ0) is 22.1. The molecule has 2 atom stereocenters. The Balaban J connectivity index is 1.60. The average Bonchev–Trinajstić information content (AvgIpc) is 3.11. The fraction of sp³-hybridized carbons (Fsp3) is 0.375. The summed E-state index contributed by atoms with van der Waals surface area (Å²) < 4.78 is 0. The van der Waals surface area contributed by atoms with E-state index >= 15 is 0 Å². The quantitative estimate of drug-likeness (QED) is 0.722. The van der Waals surface area contributed by atoms with Crippen LogP contribution in [0.25, 0.3) is 0 Å². The number of imide groups is 1. The maximum Gasteiger partial charge on any atom is 0.328 e. The minimum absolute atomic E-state index is 0.204. The topological polar surface area (TPSA) is 59.5 Å². The number of amides is 3. The average molecular weight is 420 g/mol. The van der Waals surface area contributed by atoms with Gasteiger partial charge in [0, 0.05) is 27.2 Å². The SMILES string of the molecule is Cc1ccc(CN2C(CN(C)Cc3ccccc3)=NC3C2C(=O)N(C)C(=O)N3C)cc1. The minimum Gasteiger partial charge on any atom is -0.339 e. The molecule has 31 heavy (non-hydrogen) atoms. The van der Waals surface area contributed by atoms with Crippen molar-refractivity contribution in [3.05, 3.63) is 71.3 Å². The Morgan fingerprint density at radius 2 is 1.61 bits per heavy atom. The van der Waals surface area contributed by atoms with Crippen LogP contribution >= 0.6 is 0 Å². The highest BCUT2D eigenvalue weighted by atomic mass is 16.2. The largest absolute Gasteiger partial charge is 0.339 e. The zero-order valence-electron chi connectivity index (χ0n) is 18.5. The van der Waals surface area contributed by atoms with E-state index in [1.54, 1.807) is 19.0 Å². The summed E-state index contributed by atoms with van der Waals surface area (Å²) in [6.07, 6.45) is -0.498. The Morgan fingerprint density at radius 3 is 2.29 bits per heavy atom. The van der Waals surface area contributed by atoms with E-state index in [4.69, 9.17) is 4.99 Å². The van der Waals surface area contributed by atoms with Crippen LogP contribution < -0.4 is 0 Å². The van der Waals surface area contributed by atoms with Crippen LogP contribution in [-0.4, -0.2) is 77.3 Å². The van der Waals surface area contributed by atoms with Gasteiger partial charge in [-0.25, -0.2) is 9.79 Å². The molecule has 7 nitrogen and oxygen atoms in total. The summed E-state index contributed by atoms with van der Waals surface area (Å²) in [5.74, 6) is 0.627. The number of hydrogen-bond donors (Lipinski definition) is 0. The number of fused-ring (bicyclic) bond motifs is 1. The fourth-order valence-corrected chi connectivity index (χ4v) is 4.22. The van der Waals surface area contributed by atoms with Gasteiger partial charge in [-0.3, -0.25) is 14.6 Å². The maximum absolute atomic E-state index is 13.1. The molecule has 162 valence electrons. The fourth-order valence-electron chi connectivity index (χ4n) is 4.22. The van der Waals surface area contributed by atoms with Gasteiger partial charge in [-0.2, -0.15) is 0 Å². The molecule has 0 radical (unpaired) electrons. The second-order valence-electron chi connectivity index (χ2n) is 8.47. The number of nitrogens with zero attached hydrogens (tertiary/aromatic N) is 5. The molecule has 0 aliphatic carbocycles. The molecule has 2 aromatic rings. The first-order valence-electron chi connectivity index (χ1n) is 10.5. The van der Waals surface area contributed by atoms with Crippen molar-refractivity contribution in [3.8, 4) is 0 Å². The van der Waals surface area contributed by atoms with Crippen molar-refractivity contribution in [2.45, 2.75) is 32.2 Å².